The van der Waals surface area contributed by atoms with Crippen molar-refractivity contribution in [1.29, 1.82) is 0 Å². The van der Waals surface area contributed by atoms with Gasteiger partial charge in [0.15, 0.2) is 0 Å². The number of nitrogens with one attached hydrogen (secondary N) is 1. The largest absolute Gasteiger partial charge is 0.357 e. The number of sulfonamides is 1. The molecule has 32 heavy (non-hydrogen) atoms. The van der Waals surface area contributed by atoms with Crippen LogP contribution in [-0.2, 0) is 26.2 Å². The maximum Gasteiger partial charge on any atom is 0.242 e. The molecule has 1 unspecified atom stereocenters. The van der Waals surface area contributed by atoms with Crippen LogP contribution in [0.2, 0.25) is 5.02 Å². The Morgan fingerprint density at radius 2 is 1.66 bits per heavy atom. The Bertz CT molecular complexity index is 1020. The van der Waals surface area contributed by atoms with Gasteiger partial charge in [-0.05, 0) is 50.1 Å². The molecule has 9 heteroatoms. The number of hydrogen-bond donors (Lipinski definition) is 1. The van der Waals surface area contributed by atoms with Gasteiger partial charge < -0.3 is 10.2 Å². The molecule has 1 atom stereocenters. The molecule has 7 nitrogen and oxygen atoms in total. The minimum absolute atomic E-state index is 0.104. The van der Waals surface area contributed by atoms with Gasteiger partial charge in [0.1, 0.15) is 6.04 Å². The van der Waals surface area contributed by atoms with Gasteiger partial charge in [0.05, 0.1) is 11.9 Å². The Hall–Kier alpha value is -2.58. The van der Waals surface area contributed by atoms with Crippen LogP contribution in [0.1, 0.15) is 30.9 Å². The van der Waals surface area contributed by atoms with E-state index >= 15 is 0 Å². The highest BCUT2D eigenvalue weighted by atomic mass is 35.5. The van der Waals surface area contributed by atoms with E-state index in [9.17, 15) is 18.0 Å². The van der Waals surface area contributed by atoms with Gasteiger partial charge in [-0.1, -0.05) is 41.4 Å². The van der Waals surface area contributed by atoms with Crippen LogP contribution >= 0.6 is 11.6 Å². The Morgan fingerprint density at radius 1 is 1.06 bits per heavy atom. The molecule has 2 aromatic carbocycles. The molecule has 0 saturated carbocycles. The molecule has 0 radical (unpaired) electrons. The molecule has 2 amide bonds. The number of nitrogens with zero attached hydrogens (tertiary/aromatic N) is 2. The molecule has 0 heterocycles. The van der Waals surface area contributed by atoms with Gasteiger partial charge in [0, 0.05) is 31.6 Å². The summed E-state index contributed by atoms with van der Waals surface area (Å²) in [6, 6.07) is 13.6. The summed E-state index contributed by atoms with van der Waals surface area (Å²) in [5.41, 5.74) is 2.51. The zero-order valence-corrected chi connectivity index (χ0v) is 20.4. The molecule has 174 valence electrons. The molecule has 1 N–H and O–H groups in total. The first kappa shape index (κ1) is 25.7. The standard InChI is InChI=1S/C23H30ClN3O4S/c1-17-7-9-19(10-8-17)16-26(18(2)23(29)25-3)22(28)6-5-15-27(32(4,30)31)21-13-11-20(24)12-14-21/h7-14,18H,5-6,15-16H2,1-4H3,(H,25,29). The Kier molecular flexibility index (Phi) is 9.09. The van der Waals surface area contributed by atoms with E-state index in [-0.39, 0.29) is 24.8 Å². The number of likely N-dealkylation sites (N-methyl/N-ethyl adjacent to an activating group) is 1. The summed E-state index contributed by atoms with van der Waals surface area (Å²) < 4.78 is 25.8. The van der Waals surface area contributed by atoms with E-state index in [1.54, 1.807) is 31.2 Å². The van der Waals surface area contributed by atoms with Crippen LogP contribution in [0.15, 0.2) is 48.5 Å². The fourth-order valence-electron chi connectivity index (χ4n) is 3.29. The van der Waals surface area contributed by atoms with E-state index in [1.165, 1.54) is 16.3 Å². The first-order chi connectivity index (χ1) is 15.0. The number of amides is 2. The van der Waals surface area contributed by atoms with Crippen molar-refractivity contribution in [2.75, 3.05) is 24.2 Å². The topological polar surface area (TPSA) is 86.8 Å². The van der Waals surface area contributed by atoms with E-state index < -0.39 is 16.1 Å². The fraction of sp³-hybridized carbons (Fsp3) is 0.391. The summed E-state index contributed by atoms with van der Waals surface area (Å²) >= 11 is 5.90. The van der Waals surface area contributed by atoms with Crippen LogP contribution in [0.25, 0.3) is 0 Å². The van der Waals surface area contributed by atoms with Crippen LogP contribution < -0.4 is 9.62 Å². The fourth-order valence-corrected chi connectivity index (χ4v) is 4.38. The zero-order chi connectivity index (χ0) is 23.9. The maximum absolute atomic E-state index is 13.0. The lowest BCUT2D eigenvalue weighted by Gasteiger charge is -2.29. The number of rotatable bonds is 10. The molecule has 0 aliphatic heterocycles. The zero-order valence-electron chi connectivity index (χ0n) is 18.8. The third kappa shape index (κ3) is 7.24. The summed E-state index contributed by atoms with van der Waals surface area (Å²) in [4.78, 5) is 26.8. The van der Waals surface area contributed by atoms with Crippen LogP contribution in [0.4, 0.5) is 5.69 Å². The number of carbonyl (C=O) groups is 2. The molecule has 0 spiro atoms. The SMILES string of the molecule is CNC(=O)C(C)N(Cc1ccc(C)cc1)C(=O)CCCN(c1ccc(Cl)cc1)S(C)(=O)=O. The predicted octanol–water partition coefficient (Wildman–Crippen LogP) is 3.36. The van der Waals surface area contributed by atoms with E-state index in [0.29, 0.717) is 23.7 Å². The number of anilines is 1. The van der Waals surface area contributed by atoms with E-state index in [0.717, 1.165) is 17.4 Å². The summed E-state index contributed by atoms with van der Waals surface area (Å²) in [5, 5.41) is 3.09. The van der Waals surface area contributed by atoms with Crippen molar-refractivity contribution in [2.24, 2.45) is 0 Å². The number of halogens is 1. The lowest BCUT2D eigenvalue weighted by molar-refractivity contribution is -0.140. The summed E-state index contributed by atoms with van der Waals surface area (Å²) in [6.45, 7) is 4.09. The second-order valence-electron chi connectivity index (χ2n) is 7.71. The molecular weight excluding hydrogens is 450 g/mol. The van der Waals surface area contributed by atoms with Crippen molar-refractivity contribution in [2.45, 2.75) is 39.3 Å². The summed E-state index contributed by atoms with van der Waals surface area (Å²) in [6.07, 6.45) is 1.53. The number of carbonyl (C=O) groups excluding carboxylic acids is 2. The first-order valence-corrected chi connectivity index (χ1v) is 12.6. The number of hydrogen-bond acceptors (Lipinski definition) is 4. The Morgan fingerprint density at radius 3 is 2.19 bits per heavy atom. The molecule has 2 rings (SSSR count). The van der Waals surface area contributed by atoms with Gasteiger partial charge in [-0.15, -0.1) is 0 Å². The van der Waals surface area contributed by atoms with Crippen LogP contribution in [0.5, 0.6) is 0 Å². The van der Waals surface area contributed by atoms with Crippen molar-refractivity contribution in [3.05, 3.63) is 64.7 Å². The predicted molar refractivity (Wildman–Crippen MR) is 128 cm³/mol. The van der Waals surface area contributed by atoms with Crippen molar-refractivity contribution in [3.63, 3.8) is 0 Å². The van der Waals surface area contributed by atoms with Crippen molar-refractivity contribution < 1.29 is 18.0 Å². The van der Waals surface area contributed by atoms with Crippen molar-refractivity contribution >= 4 is 39.1 Å². The molecule has 2 aromatic rings. The average molecular weight is 480 g/mol. The molecule has 0 aromatic heterocycles. The van der Waals surface area contributed by atoms with Crippen molar-refractivity contribution in [1.82, 2.24) is 10.2 Å². The highest BCUT2D eigenvalue weighted by Gasteiger charge is 2.26. The van der Waals surface area contributed by atoms with Crippen molar-refractivity contribution in [3.8, 4) is 0 Å². The molecule has 0 saturated heterocycles. The smallest absolute Gasteiger partial charge is 0.242 e. The highest BCUT2D eigenvalue weighted by molar-refractivity contribution is 7.92. The summed E-state index contributed by atoms with van der Waals surface area (Å²) in [5.74, 6) is -0.476. The van der Waals surface area contributed by atoms with E-state index in [4.69, 9.17) is 11.6 Å². The molecule has 0 aliphatic rings. The van der Waals surface area contributed by atoms with Crippen LogP contribution in [-0.4, -0.2) is 51.0 Å². The highest BCUT2D eigenvalue weighted by Crippen LogP contribution is 2.21. The minimum Gasteiger partial charge on any atom is -0.357 e. The van der Waals surface area contributed by atoms with Crippen LogP contribution in [0.3, 0.4) is 0 Å². The van der Waals surface area contributed by atoms with E-state index in [2.05, 4.69) is 5.32 Å². The lowest BCUT2D eigenvalue weighted by Crippen LogP contribution is -2.46. The Labute approximate surface area is 195 Å². The monoisotopic (exact) mass is 479 g/mol. The minimum atomic E-state index is -3.53. The van der Waals surface area contributed by atoms with Gasteiger partial charge in [0.25, 0.3) is 0 Å². The number of benzene rings is 2. The molecule has 0 aliphatic carbocycles. The molecule has 0 bridgehead atoms. The van der Waals surface area contributed by atoms with Gasteiger partial charge >= 0.3 is 0 Å². The van der Waals surface area contributed by atoms with Gasteiger partial charge in [0.2, 0.25) is 21.8 Å². The second-order valence-corrected chi connectivity index (χ2v) is 10.1. The maximum atomic E-state index is 13.0. The Balaban J connectivity index is 2.12. The third-order valence-electron chi connectivity index (χ3n) is 5.15. The van der Waals surface area contributed by atoms with Gasteiger partial charge in [-0.25, -0.2) is 8.42 Å². The van der Waals surface area contributed by atoms with E-state index in [1.807, 2.05) is 31.2 Å². The first-order valence-electron chi connectivity index (χ1n) is 10.3. The quantitative estimate of drug-likeness (QED) is 0.566. The normalized spacial score (nSPS) is 12.2. The number of aryl methyl sites for hydroxylation is 1. The molecule has 0 fully saturated rings. The van der Waals surface area contributed by atoms with Gasteiger partial charge in [-0.3, -0.25) is 13.9 Å². The lowest BCUT2D eigenvalue weighted by atomic mass is 10.1. The van der Waals surface area contributed by atoms with Crippen LogP contribution in [0, 0.1) is 6.92 Å². The summed E-state index contributed by atoms with van der Waals surface area (Å²) in [7, 11) is -2.00. The average Bonchev–Trinajstić information content (AvgIpc) is 2.75. The third-order valence-corrected chi connectivity index (χ3v) is 6.60. The molecular formula is C23H30ClN3O4S. The van der Waals surface area contributed by atoms with Gasteiger partial charge in [-0.2, -0.15) is 0 Å². The second kappa shape index (κ2) is 11.3.